The summed E-state index contributed by atoms with van der Waals surface area (Å²) in [5, 5.41) is 0. The van der Waals surface area contributed by atoms with Gasteiger partial charge in [-0.3, -0.25) is 9.05 Å². The molecule has 182 valence electrons. The van der Waals surface area contributed by atoms with Gasteiger partial charge in [-0.25, -0.2) is 4.57 Å². The number of phosphoric acid groups is 1. The van der Waals surface area contributed by atoms with Gasteiger partial charge in [0.1, 0.15) is 12.1 Å². The van der Waals surface area contributed by atoms with E-state index in [0.717, 1.165) is 36.6 Å². The molecule has 1 N–H and O–H groups in total. The predicted octanol–water partition coefficient (Wildman–Crippen LogP) is 7.15. The first-order chi connectivity index (χ1) is 14.8. The van der Waals surface area contributed by atoms with Crippen LogP contribution < -0.4 is 0 Å². The van der Waals surface area contributed by atoms with E-state index in [1.807, 2.05) is 0 Å². The average molecular weight is 459 g/mol. The molecule has 2 aliphatic rings. The summed E-state index contributed by atoms with van der Waals surface area (Å²) in [5.41, 5.74) is 1.71. The van der Waals surface area contributed by atoms with Gasteiger partial charge in [-0.1, -0.05) is 56.6 Å². The van der Waals surface area contributed by atoms with E-state index in [2.05, 4.69) is 27.2 Å². The maximum Gasteiger partial charge on any atom is 0.472 e. The molecule has 6 heteroatoms. The van der Waals surface area contributed by atoms with Crippen LogP contribution in [0.3, 0.4) is 0 Å². The maximum atomic E-state index is 12.3. The summed E-state index contributed by atoms with van der Waals surface area (Å²) in [7, 11) is 2.40. The second kappa shape index (κ2) is 14.2. The van der Waals surface area contributed by atoms with Crippen molar-refractivity contribution in [2.45, 2.75) is 121 Å². The monoisotopic (exact) mass is 458 g/mol. The van der Waals surface area contributed by atoms with Gasteiger partial charge in [-0.15, -0.1) is 0 Å². The molecule has 0 spiro atoms. The second-order valence-corrected chi connectivity index (χ2v) is 12.0. The summed E-state index contributed by atoms with van der Waals surface area (Å²) < 4.78 is 23.8. The van der Waals surface area contributed by atoms with Gasteiger partial charge in [-0.05, 0) is 57.8 Å². The molecule has 0 radical (unpaired) electrons. The SMILES string of the molecule is C[N+](C)(C)C1CCCC1OP(=O)(O)OCCCCCCCCCCC=C1CCCCC1. The molecule has 2 fully saturated rings. The molecule has 0 aromatic carbocycles. The molecular formula is C25H49NO4P+. The van der Waals surface area contributed by atoms with Crippen molar-refractivity contribution in [3.05, 3.63) is 11.6 Å². The van der Waals surface area contributed by atoms with Crippen molar-refractivity contribution in [3.63, 3.8) is 0 Å². The Kier molecular flexibility index (Phi) is 12.4. The Hall–Kier alpha value is -0.190. The molecule has 0 aromatic heterocycles. The van der Waals surface area contributed by atoms with Crippen LogP contribution in [0.5, 0.6) is 0 Å². The minimum Gasteiger partial charge on any atom is -0.326 e. The first kappa shape index (κ1) is 27.1. The number of quaternary nitrogens is 1. The molecule has 31 heavy (non-hydrogen) atoms. The number of allylic oxidation sites excluding steroid dienone is 2. The Bertz CT molecular complexity index is 564. The fourth-order valence-corrected chi connectivity index (χ4v) is 6.13. The third-order valence-electron chi connectivity index (χ3n) is 6.96. The fraction of sp³-hybridized carbons (Fsp3) is 0.920. The Balaban J connectivity index is 1.43. The predicted molar refractivity (Wildman–Crippen MR) is 129 cm³/mol. The highest BCUT2D eigenvalue weighted by Crippen LogP contribution is 2.48. The lowest BCUT2D eigenvalue weighted by Gasteiger charge is -2.35. The summed E-state index contributed by atoms with van der Waals surface area (Å²) >= 11 is 0. The average Bonchev–Trinajstić information content (AvgIpc) is 3.17. The van der Waals surface area contributed by atoms with Crippen molar-refractivity contribution >= 4 is 7.82 Å². The molecule has 5 nitrogen and oxygen atoms in total. The van der Waals surface area contributed by atoms with Crippen LogP contribution in [-0.4, -0.2) is 49.3 Å². The largest absolute Gasteiger partial charge is 0.472 e. The lowest BCUT2D eigenvalue weighted by Crippen LogP contribution is -2.49. The van der Waals surface area contributed by atoms with Gasteiger partial charge in [0.05, 0.1) is 27.7 Å². The van der Waals surface area contributed by atoms with E-state index < -0.39 is 7.82 Å². The van der Waals surface area contributed by atoms with Crippen molar-refractivity contribution < 1.29 is 23.0 Å². The standard InChI is InChI=1S/C25H48NO4P/c1-26(2,3)24-20-16-21-25(24)30-31(27,28)29-22-15-10-8-6-4-5-7-9-12-17-23-18-13-11-14-19-23/h17,24-25H,4-16,18-22H2,1-3H3/p+1. The molecule has 3 unspecified atom stereocenters. The molecule has 0 aromatic rings. The lowest BCUT2D eigenvalue weighted by molar-refractivity contribution is -0.898. The van der Waals surface area contributed by atoms with E-state index in [1.165, 1.54) is 77.0 Å². The zero-order valence-electron chi connectivity index (χ0n) is 20.5. The van der Waals surface area contributed by atoms with Gasteiger partial charge < -0.3 is 9.38 Å². The van der Waals surface area contributed by atoms with Crippen LogP contribution in [0.15, 0.2) is 11.6 Å². The van der Waals surface area contributed by atoms with E-state index in [-0.39, 0.29) is 12.1 Å². The van der Waals surface area contributed by atoms with Crippen LogP contribution in [0, 0.1) is 0 Å². The van der Waals surface area contributed by atoms with Gasteiger partial charge in [0, 0.05) is 6.42 Å². The molecule has 0 saturated heterocycles. The third kappa shape index (κ3) is 11.5. The molecular weight excluding hydrogens is 409 g/mol. The van der Waals surface area contributed by atoms with Crippen molar-refractivity contribution in [3.8, 4) is 0 Å². The number of hydrogen-bond donors (Lipinski definition) is 1. The number of unbranched alkanes of at least 4 members (excludes halogenated alkanes) is 8. The number of nitrogens with zero attached hydrogens (tertiary/aromatic N) is 1. The van der Waals surface area contributed by atoms with Gasteiger partial charge in [0.25, 0.3) is 0 Å². The Morgan fingerprint density at radius 1 is 0.903 bits per heavy atom. The molecule has 0 aliphatic heterocycles. The van der Waals surface area contributed by atoms with Crippen LogP contribution in [0.1, 0.15) is 109 Å². The van der Waals surface area contributed by atoms with Crippen LogP contribution in [-0.2, 0) is 13.6 Å². The number of hydrogen-bond acceptors (Lipinski definition) is 3. The fourth-order valence-electron chi connectivity index (χ4n) is 5.12. The number of likely N-dealkylation sites (N-methyl/N-ethyl adjacent to an activating group) is 1. The Morgan fingerprint density at radius 3 is 2.16 bits per heavy atom. The molecule has 2 rings (SSSR count). The smallest absolute Gasteiger partial charge is 0.326 e. The van der Waals surface area contributed by atoms with Gasteiger partial charge >= 0.3 is 7.82 Å². The summed E-state index contributed by atoms with van der Waals surface area (Å²) in [4.78, 5) is 10.1. The summed E-state index contributed by atoms with van der Waals surface area (Å²) in [6.45, 7) is 0.310. The quantitative estimate of drug-likeness (QED) is 0.123. The Labute approximate surface area is 191 Å². The van der Waals surface area contributed by atoms with E-state index in [1.54, 1.807) is 5.57 Å². The summed E-state index contributed by atoms with van der Waals surface area (Å²) in [6, 6.07) is 0.257. The topological polar surface area (TPSA) is 55.8 Å². The van der Waals surface area contributed by atoms with Crippen LogP contribution >= 0.6 is 7.82 Å². The second-order valence-electron chi connectivity index (χ2n) is 10.6. The zero-order chi connectivity index (χ0) is 22.6. The van der Waals surface area contributed by atoms with E-state index in [0.29, 0.717) is 6.61 Å². The van der Waals surface area contributed by atoms with E-state index >= 15 is 0 Å². The highest BCUT2D eigenvalue weighted by molar-refractivity contribution is 7.47. The number of phosphoric ester groups is 1. The van der Waals surface area contributed by atoms with Crippen LogP contribution in [0.4, 0.5) is 0 Å². The van der Waals surface area contributed by atoms with Crippen molar-refractivity contribution in [1.82, 2.24) is 0 Å². The third-order valence-corrected chi connectivity index (χ3v) is 8.01. The van der Waals surface area contributed by atoms with E-state index in [9.17, 15) is 9.46 Å². The minimum atomic E-state index is -3.95. The van der Waals surface area contributed by atoms with Gasteiger partial charge in [-0.2, -0.15) is 0 Å². The van der Waals surface area contributed by atoms with Gasteiger partial charge in [0.2, 0.25) is 0 Å². The molecule has 0 heterocycles. The van der Waals surface area contributed by atoms with Crippen LogP contribution in [0.2, 0.25) is 0 Å². The lowest BCUT2D eigenvalue weighted by atomic mass is 9.94. The summed E-state index contributed by atoms with van der Waals surface area (Å²) in [6.07, 6.45) is 23.0. The Morgan fingerprint density at radius 2 is 1.52 bits per heavy atom. The van der Waals surface area contributed by atoms with Crippen molar-refractivity contribution in [2.24, 2.45) is 0 Å². The molecule has 0 amide bonds. The highest BCUT2D eigenvalue weighted by Gasteiger charge is 2.42. The zero-order valence-corrected chi connectivity index (χ0v) is 21.4. The van der Waals surface area contributed by atoms with Crippen molar-refractivity contribution in [2.75, 3.05) is 27.7 Å². The van der Waals surface area contributed by atoms with E-state index in [4.69, 9.17) is 9.05 Å². The normalized spacial score (nSPS) is 24.3. The first-order valence-electron chi connectivity index (χ1n) is 12.9. The molecule has 0 bridgehead atoms. The minimum absolute atomic E-state index is 0.185. The molecule has 2 saturated carbocycles. The maximum absolute atomic E-state index is 12.3. The van der Waals surface area contributed by atoms with Crippen molar-refractivity contribution in [1.29, 1.82) is 0 Å². The van der Waals surface area contributed by atoms with Crippen LogP contribution in [0.25, 0.3) is 0 Å². The van der Waals surface area contributed by atoms with Gasteiger partial charge in [0.15, 0.2) is 0 Å². The first-order valence-corrected chi connectivity index (χ1v) is 14.4. The number of rotatable bonds is 15. The highest BCUT2D eigenvalue weighted by atomic mass is 31.2. The summed E-state index contributed by atoms with van der Waals surface area (Å²) in [5.74, 6) is 0. The molecule has 3 atom stereocenters. The molecule has 2 aliphatic carbocycles.